The van der Waals surface area contributed by atoms with Crippen molar-refractivity contribution in [2.24, 2.45) is 0 Å². The quantitative estimate of drug-likeness (QED) is 0.692. The van der Waals surface area contributed by atoms with E-state index in [2.05, 4.69) is 0 Å². The molecule has 2 rings (SSSR count). The van der Waals surface area contributed by atoms with Gasteiger partial charge in [-0.15, -0.1) is 0 Å². The molecule has 0 spiro atoms. The minimum atomic E-state index is -0.712. The molecule has 0 bridgehead atoms. The Bertz CT molecular complexity index is 636. The summed E-state index contributed by atoms with van der Waals surface area (Å²) in [5.74, 6) is -2.02. The summed E-state index contributed by atoms with van der Waals surface area (Å²) in [6.07, 6.45) is 0. The SMILES string of the molecule is Cc1ccc(C(=O)OCc2cc(F)cc(F)c2)cc1N. The number of nitrogen functional groups attached to an aromatic ring is 1. The average molecular weight is 277 g/mol. The molecule has 5 heteroatoms. The third kappa shape index (κ3) is 3.32. The summed E-state index contributed by atoms with van der Waals surface area (Å²) in [5, 5.41) is 0. The van der Waals surface area contributed by atoms with E-state index in [-0.39, 0.29) is 12.2 Å². The van der Waals surface area contributed by atoms with Crippen LogP contribution >= 0.6 is 0 Å². The standard InChI is InChI=1S/C15H13F2NO2/c1-9-2-3-11(6-14(9)18)15(19)20-8-10-4-12(16)7-13(17)5-10/h2-7H,8,18H2,1H3. The van der Waals surface area contributed by atoms with Crippen molar-refractivity contribution in [3.63, 3.8) is 0 Å². The number of esters is 1. The summed E-state index contributed by atoms with van der Waals surface area (Å²) in [5.41, 5.74) is 7.58. The van der Waals surface area contributed by atoms with Gasteiger partial charge >= 0.3 is 5.97 Å². The summed E-state index contributed by atoms with van der Waals surface area (Å²) in [4.78, 5) is 11.8. The number of carbonyl (C=O) groups is 1. The molecule has 20 heavy (non-hydrogen) atoms. The minimum absolute atomic E-state index is 0.207. The minimum Gasteiger partial charge on any atom is -0.457 e. The van der Waals surface area contributed by atoms with E-state index in [0.717, 1.165) is 23.8 Å². The second kappa shape index (κ2) is 5.69. The highest BCUT2D eigenvalue weighted by atomic mass is 19.1. The van der Waals surface area contributed by atoms with E-state index >= 15 is 0 Å². The lowest BCUT2D eigenvalue weighted by molar-refractivity contribution is 0.0472. The Hall–Kier alpha value is -2.43. The highest BCUT2D eigenvalue weighted by Gasteiger charge is 2.09. The molecule has 3 nitrogen and oxygen atoms in total. The zero-order valence-electron chi connectivity index (χ0n) is 10.8. The number of anilines is 1. The first-order valence-electron chi connectivity index (χ1n) is 5.94. The predicted octanol–water partition coefficient (Wildman–Crippen LogP) is 3.21. The Morgan fingerprint density at radius 2 is 1.80 bits per heavy atom. The Morgan fingerprint density at radius 1 is 1.15 bits per heavy atom. The highest BCUT2D eigenvalue weighted by molar-refractivity contribution is 5.90. The fourth-order valence-corrected chi connectivity index (χ4v) is 1.69. The van der Waals surface area contributed by atoms with Crippen molar-refractivity contribution in [3.8, 4) is 0 Å². The van der Waals surface area contributed by atoms with Crippen LogP contribution in [0.3, 0.4) is 0 Å². The molecule has 0 saturated carbocycles. The Balaban J connectivity index is 2.06. The van der Waals surface area contributed by atoms with Gasteiger partial charge in [0.05, 0.1) is 5.56 Å². The maximum atomic E-state index is 13.0. The second-order valence-corrected chi connectivity index (χ2v) is 4.43. The first-order chi connectivity index (χ1) is 9.45. The summed E-state index contributed by atoms with van der Waals surface area (Å²) in [6.45, 7) is 1.61. The average Bonchev–Trinajstić information content (AvgIpc) is 2.38. The maximum absolute atomic E-state index is 13.0. The molecule has 0 aliphatic rings. The molecule has 0 aliphatic heterocycles. The predicted molar refractivity (Wildman–Crippen MR) is 71.1 cm³/mol. The van der Waals surface area contributed by atoms with Gasteiger partial charge < -0.3 is 10.5 Å². The normalized spacial score (nSPS) is 10.3. The maximum Gasteiger partial charge on any atom is 0.338 e. The van der Waals surface area contributed by atoms with Crippen LogP contribution in [-0.2, 0) is 11.3 Å². The Labute approximate surface area is 115 Å². The van der Waals surface area contributed by atoms with E-state index in [0.29, 0.717) is 11.3 Å². The van der Waals surface area contributed by atoms with Gasteiger partial charge in [-0.3, -0.25) is 0 Å². The van der Waals surface area contributed by atoms with Gasteiger partial charge in [0.1, 0.15) is 18.2 Å². The van der Waals surface area contributed by atoms with Gasteiger partial charge in [0.2, 0.25) is 0 Å². The molecule has 0 heterocycles. The van der Waals surface area contributed by atoms with Gasteiger partial charge in [0, 0.05) is 11.8 Å². The van der Waals surface area contributed by atoms with Crippen molar-refractivity contribution in [1.82, 2.24) is 0 Å². The topological polar surface area (TPSA) is 52.3 Å². The van der Waals surface area contributed by atoms with Crippen LogP contribution < -0.4 is 5.73 Å². The smallest absolute Gasteiger partial charge is 0.338 e. The number of nitrogens with two attached hydrogens (primary N) is 1. The van der Waals surface area contributed by atoms with Crippen molar-refractivity contribution in [2.45, 2.75) is 13.5 Å². The first-order valence-corrected chi connectivity index (χ1v) is 5.94. The lowest BCUT2D eigenvalue weighted by atomic mass is 10.1. The number of halogens is 2. The monoisotopic (exact) mass is 277 g/mol. The van der Waals surface area contributed by atoms with Crippen LogP contribution in [0.25, 0.3) is 0 Å². The van der Waals surface area contributed by atoms with Crippen LogP contribution in [0.2, 0.25) is 0 Å². The fourth-order valence-electron chi connectivity index (χ4n) is 1.69. The third-order valence-corrected chi connectivity index (χ3v) is 2.81. The number of ether oxygens (including phenoxy) is 1. The molecule has 0 fully saturated rings. The van der Waals surface area contributed by atoms with Crippen molar-refractivity contribution >= 4 is 11.7 Å². The number of hydrogen-bond acceptors (Lipinski definition) is 3. The zero-order chi connectivity index (χ0) is 14.7. The van der Waals surface area contributed by atoms with Crippen LogP contribution in [0, 0.1) is 18.6 Å². The molecule has 0 radical (unpaired) electrons. The fraction of sp³-hybridized carbons (Fsp3) is 0.133. The number of hydrogen-bond donors (Lipinski definition) is 1. The van der Waals surface area contributed by atoms with Gasteiger partial charge in [-0.05, 0) is 42.3 Å². The van der Waals surface area contributed by atoms with Gasteiger partial charge in [-0.1, -0.05) is 6.07 Å². The molecule has 2 N–H and O–H groups in total. The van der Waals surface area contributed by atoms with E-state index in [1.54, 1.807) is 12.1 Å². The molecule has 0 aliphatic carbocycles. The summed E-state index contributed by atoms with van der Waals surface area (Å²) < 4.78 is 30.9. The zero-order valence-corrected chi connectivity index (χ0v) is 10.8. The Morgan fingerprint density at radius 3 is 2.40 bits per heavy atom. The van der Waals surface area contributed by atoms with Gasteiger partial charge in [0.25, 0.3) is 0 Å². The molecule has 0 saturated heterocycles. The van der Waals surface area contributed by atoms with Crippen LogP contribution in [0.5, 0.6) is 0 Å². The van der Waals surface area contributed by atoms with Crippen molar-refractivity contribution in [3.05, 3.63) is 64.7 Å². The number of aryl methyl sites for hydroxylation is 1. The summed E-state index contributed by atoms with van der Waals surface area (Å²) >= 11 is 0. The Kier molecular flexibility index (Phi) is 3.98. The largest absolute Gasteiger partial charge is 0.457 e. The second-order valence-electron chi connectivity index (χ2n) is 4.43. The first kappa shape index (κ1) is 14.0. The van der Waals surface area contributed by atoms with Crippen LogP contribution in [-0.4, -0.2) is 5.97 Å². The lowest BCUT2D eigenvalue weighted by Gasteiger charge is -2.07. The molecule has 2 aromatic carbocycles. The number of rotatable bonds is 3. The highest BCUT2D eigenvalue weighted by Crippen LogP contribution is 2.15. The molecule has 0 aromatic heterocycles. The number of carbonyl (C=O) groups excluding carboxylic acids is 1. The van der Waals surface area contributed by atoms with E-state index < -0.39 is 17.6 Å². The van der Waals surface area contributed by atoms with E-state index in [9.17, 15) is 13.6 Å². The lowest BCUT2D eigenvalue weighted by Crippen LogP contribution is -2.06. The molecule has 0 unspecified atom stereocenters. The van der Waals surface area contributed by atoms with Crippen LogP contribution in [0.4, 0.5) is 14.5 Å². The molecular formula is C15H13F2NO2. The summed E-state index contributed by atoms with van der Waals surface area (Å²) in [7, 11) is 0. The van der Waals surface area contributed by atoms with Crippen LogP contribution in [0.1, 0.15) is 21.5 Å². The molecule has 0 atom stereocenters. The van der Waals surface area contributed by atoms with E-state index in [1.807, 2.05) is 6.92 Å². The molecule has 104 valence electrons. The van der Waals surface area contributed by atoms with Crippen LogP contribution in [0.15, 0.2) is 36.4 Å². The molecule has 0 amide bonds. The van der Waals surface area contributed by atoms with Gasteiger partial charge in [-0.25, -0.2) is 13.6 Å². The molecule has 2 aromatic rings. The van der Waals surface area contributed by atoms with Crippen molar-refractivity contribution < 1.29 is 18.3 Å². The van der Waals surface area contributed by atoms with E-state index in [1.165, 1.54) is 6.07 Å². The van der Waals surface area contributed by atoms with Gasteiger partial charge in [0.15, 0.2) is 0 Å². The van der Waals surface area contributed by atoms with Crippen molar-refractivity contribution in [2.75, 3.05) is 5.73 Å². The third-order valence-electron chi connectivity index (χ3n) is 2.81. The number of benzene rings is 2. The van der Waals surface area contributed by atoms with Crippen molar-refractivity contribution in [1.29, 1.82) is 0 Å². The molecular weight excluding hydrogens is 264 g/mol. The van der Waals surface area contributed by atoms with E-state index in [4.69, 9.17) is 10.5 Å². The summed E-state index contributed by atoms with van der Waals surface area (Å²) in [6, 6.07) is 7.77. The van der Waals surface area contributed by atoms with Gasteiger partial charge in [-0.2, -0.15) is 0 Å².